The van der Waals surface area contributed by atoms with E-state index in [9.17, 15) is 4.79 Å². The number of methoxy groups -OCH3 is 1. The lowest BCUT2D eigenvalue weighted by molar-refractivity contribution is -0.141. The topological polar surface area (TPSA) is 42.0 Å². The van der Waals surface area contributed by atoms with Crippen LogP contribution in [0.25, 0.3) is 0 Å². The summed E-state index contributed by atoms with van der Waals surface area (Å²) in [6.45, 7) is 3.19. The highest BCUT2D eigenvalue weighted by molar-refractivity contribution is 7.99. The third-order valence-corrected chi connectivity index (χ3v) is 5.26. The van der Waals surface area contributed by atoms with E-state index in [1.807, 2.05) is 16.7 Å². The smallest absolute Gasteiger partial charge is 0.237 e. The van der Waals surface area contributed by atoms with E-state index < -0.39 is 0 Å². The van der Waals surface area contributed by atoms with Crippen LogP contribution in [0.4, 0.5) is 0 Å². The molecule has 2 saturated heterocycles. The molecule has 2 atom stereocenters. The predicted octanol–water partition coefficient (Wildman–Crippen LogP) is 0.688. The maximum atomic E-state index is 12.5. The number of amides is 1. The molecule has 0 aliphatic carbocycles. The number of carbonyl (C=O) groups excluding carboxylic acids is 1. The summed E-state index contributed by atoms with van der Waals surface area (Å²) in [5, 5.41) is 0. The van der Waals surface area contributed by atoms with Gasteiger partial charge in [-0.15, -0.1) is 0 Å². The lowest BCUT2D eigenvalue weighted by atomic mass is 10.1. The third-order valence-electron chi connectivity index (χ3n) is 4.12. The average Bonchev–Trinajstić information content (AvgIpc) is 2.99. The van der Waals surface area contributed by atoms with Crippen LogP contribution in [0.3, 0.4) is 0 Å². The summed E-state index contributed by atoms with van der Waals surface area (Å²) in [5.74, 6) is 2.60. The molecule has 2 aliphatic rings. The molecule has 2 rings (SSSR count). The molecule has 2 fully saturated rings. The van der Waals surface area contributed by atoms with E-state index in [4.69, 9.17) is 9.47 Å². The summed E-state index contributed by atoms with van der Waals surface area (Å²) in [5.41, 5.74) is 0. The monoisotopic (exact) mass is 302 g/mol. The van der Waals surface area contributed by atoms with Crippen LogP contribution in [-0.4, -0.2) is 86.4 Å². The molecule has 2 aliphatic heterocycles. The van der Waals surface area contributed by atoms with E-state index >= 15 is 0 Å². The molecule has 0 N–H and O–H groups in total. The van der Waals surface area contributed by atoms with Gasteiger partial charge in [0.15, 0.2) is 0 Å². The van der Waals surface area contributed by atoms with Crippen molar-refractivity contribution in [2.45, 2.75) is 24.9 Å². The Morgan fingerprint density at radius 1 is 1.55 bits per heavy atom. The van der Waals surface area contributed by atoms with Crippen molar-refractivity contribution in [3.63, 3.8) is 0 Å². The standard InChI is InChI=1S/C14H26N2O3S/c1-15(13-4-8-20-11-13)9-14(17)16-5-7-19-10-12(16)3-6-18-2/h12-13H,3-11H2,1-2H3/t12-,13-/m1/s1. The number of likely N-dealkylation sites (N-methyl/N-ethyl adjacent to an activating group) is 1. The number of hydrogen-bond donors (Lipinski definition) is 0. The largest absolute Gasteiger partial charge is 0.385 e. The van der Waals surface area contributed by atoms with Gasteiger partial charge in [-0.3, -0.25) is 9.69 Å². The fourth-order valence-corrected chi connectivity index (χ4v) is 4.08. The number of ether oxygens (including phenoxy) is 2. The summed E-state index contributed by atoms with van der Waals surface area (Å²) in [4.78, 5) is 16.7. The minimum Gasteiger partial charge on any atom is -0.385 e. The van der Waals surface area contributed by atoms with Gasteiger partial charge < -0.3 is 14.4 Å². The zero-order valence-electron chi connectivity index (χ0n) is 12.5. The lowest BCUT2D eigenvalue weighted by Gasteiger charge is -2.37. The Hall–Kier alpha value is -0.300. The van der Waals surface area contributed by atoms with E-state index in [0.29, 0.717) is 39.0 Å². The van der Waals surface area contributed by atoms with Gasteiger partial charge in [0, 0.05) is 32.1 Å². The molecule has 0 saturated carbocycles. The Labute approximate surface area is 126 Å². The van der Waals surface area contributed by atoms with Gasteiger partial charge in [-0.25, -0.2) is 0 Å². The first kappa shape index (κ1) is 16.1. The van der Waals surface area contributed by atoms with Crippen LogP contribution in [0.1, 0.15) is 12.8 Å². The summed E-state index contributed by atoms with van der Waals surface area (Å²) >= 11 is 1.98. The van der Waals surface area contributed by atoms with Crippen molar-refractivity contribution >= 4 is 17.7 Å². The maximum absolute atomic E-state index is 12.5. The molecular formula is C14H26N2O3S. The zero-order chi connectivity index (χ0) is 14.4. The number of rotatable bonds is 6. The fraction of sp³-hybridized carbons (Fsp3) is 0.929. The van der Waals surface area contributed by atoms with Gasteiger partial charge in [0.1, 0.15) is 0 Å². The van der Waals surface area contributed by atoms with E-state index in [0.717, 1.165) is 12.2 Å². The second-order valence-electron chi connectivity index (χ2n) is 5.53. The average molecular weight is 302 g/mol. The van der Waals surface area contributed by atoms with E-state index in [-0.39, 0.29) is 11.9 Å². The van der Waals surface area contributed by atoms with Gasteiger partial charge in [-0.1, -0.05) is 0 Å². The highest BCUT2D eigenvalue weighted by Crippen LogP contribution is 2.21. The van der Waals surface area contributed by atoms with Crippen molar-refractivity contribution in [2.24, 2.45) is 0 Å². The normalized spacial score (nSPS) is 27.2. The van der Waals surface area contributed by atoms with Crippen LogP contribution in [0.5, 0.6) is 0 Å². The molecule has 116 valence electrons. The molecule has 0 spiro atoms. The Morgan fingerprint density at radius 3 is 3.10 bits per heavy atom. The Morgan fingerprint density at radius 2 is 2.40 bits per heavy atom. The van der Waals surface area contributed by atoms with Gasteiger partial charge in [0.25, 0.3) is 0 Å². The van der Waals surface area contributed by atoms with Gasteiger partial charge in [0.2, 0.25) is 5.91 Å². The Bertz CT molecular complexity index is 311. The molecule has 5 nitrogen and oxygen atoms in total. The molecule has 0 aromatic carbocycles. The minimum absolute atomic E-state index is 0.169. The molecular weight excluding hydrogens is 276 g/mol. The molecule has 1 amide bonds. The SMILES string of the molecule is COCC[C@@H]1COCCN1C(=O)CN(C)[C@@H]1CCSC1. The predicted molar refractivity (Wildman–Crippen MR) is 81.2 cm³/mol. The van der Waals surface area contributed by atoms with Crippen molar-refractivity contribution in [1.82, 2.24) is 9.80 Å². The molecule has 20 heavy (non-hydrogen) atoms. The van der Waals surface area contributed by atoms with Crippen molar-refractivity contribution < 1.29 is 14.3 Å². The van der Waals surface area contributed by atoms with Gasteiger partial charge >= 0.3 is 0 Å². The van der Waals surface area contributed by atoms with E-state index in [1.54, 1.807) is 7.11 Å². The summed E-state index contributed by atoms with van der Waals surface area (Å²) < 4.78 is 10.6. The molecule has 6 heteroatoms. The number of thioether (sulfide) groups is 1. The van der Waals surface area contributed by atoms with Crippen LogP contribution in [0.2, 0.25) is 0 Å². The quantitative estimate of drug-likeness (QED) is 0.722. The van der Waals surface area contributed by atoms with Crippen LogP contribution in [-0.2, 0) is 14.3 Å². The van der Waals surface area contributed by atoms with Crippen LogP contribution >= 0.6 is 11.8 Å². The molecule has 0 aromatic rings. The maximum Gasteiger partial charge on any atom is 0.237 e. The van der Waals surface area contributed by atoms with Crippen molar-refractivity contribution in [2.75, 3.05) is 58.6 Å². The number of nitrogens with zero attached hydrogens (tertiary/aromatic N) is 2. The second-order valence-corrected chi connectivity index (χ2v) is 6.68. The summed E-state index contributed by atoms with van der Waals surface area (Å²) in [6.07, 6.45) is 2.05. The fourth-order valence-electron chi connectivity index (χ4n) is 2.78. The van der Waals surface area contributed by atoms with Gasteiger partial charge in [-0.2, -0.15) is 11.8 Å². The van der Waals surface area contributed by atoms with Gasteiger partial charge in [-0.05, 0) is 25.6 Å². The first-order valence-electron chi connectivity index (χ1n) is 7.36. The Kier molecular flexibility index (Phi) is 6.61. The van der Waals surface area contributed by atoms with E-state index in [1.165, 1.54) is 12.2 Å². The summed E-state index contributed by atoms with van der Waals surface area (Å²) in [6, 6.07) is 0.727. The molecule has 0 aromatic heterocycles. The molecule has 2 heterocycles. The van der Waals surface area contributed by atoms with Crippen LogP contribution in [0, 0.1) is 0 Å². The second kappa shape index (κ2) is 8.22. The highest BCUT2D eigenvalue weighted by atomic mass is 32.2. The molecule has 0 bridgehead atoms. The van der Waals surface area contributed by atoms with Crippen molar-refractivity contribution in [1.29, 1.82) is 0 Å². The third kappa shape index (κ3) is 4.35. The van der Waals surface area contributed by atoms with Crippen LogP contribution in [0.15, 0.2) is 0 Å². The van der Waals surface area contributed by atoms with Crippen molar-refractivity contribution in [3.8, 4) is 0 Å². The Balaban J connectivity index is 1.84. The zero-order valence-corrected chi connectivity index (χ0v) is 13.4. The molecule has 0 unspecified atom stereocenters. The number of carbonyl (C=O) groups is 1. The van der Waals surface area contributed by atoms with Crippen molar-refractivity contribution in [3.05, 3.63) is 0 Å². The summed E-state index contributed by atoms with van der Waals surface area (Å²) in [7, 11) is 3.76. The number of morpholine rings is 1. The first-order valence-corrected chi connectivity index (χ1v) is 8.52. The first-order chi connectivity index (χ1) is 9.72. The number of hydrogen-bond acceptors (Lipinski definition) is 5. The van der Waals surface area contributed by atoms with Crippen LogP contribution < -0.4 is 0 Å². The lowest BCUT2D eigenvalue weighted by Crippen LogP contribution is -2.52. The van der Waals surface area contributed by atoms with Gasteiger partial charge in [0.05, 0.1) is 25.8 Å². The minimum atomic E-state index is 0.169. The highest BCUT2D eigenvalue weighted by Gasteiger charge is 2.29. The van der Waals surface area contributed by atoms with E-state index in [2.05, 4.69) is 11.9 Å². The molecule has 0 radical (unpaired) electrons.